The number of nitrogens with one attached hydrogen (secondary N) is 2. The second-order valence-electron chi connectivity index (χ2n) is 4.38. The zero-order chi connectivity index (χ0) is 14.0. The second-order valence-corrected chi connectivity index (χ2v) is 6.12. The lowest BCUT2D eigenvalue weighted by molar-refractivity contribution is 0.577. The minimum atomic E-state index is -3.55. The van der Waals surface area contributed by atoms with Crippen molar-refractivity contribution in [1.82, 2.24) is 14.9 Å². The highest BCUT2D eigenvalue weighted by atomic mass is 32.2. The lowest BCUT2D eigenvalue weighted by atomic mass is 10.1. The van der Waals surface area contributed by atoms with Gasteiger partial charge < -0.3 is 0 Å². The SMILES string of the molecule is O=S(=O)(NCc1cccc2ccccc12)c1ccn[nH]1. The van der Waals surface area contributed by atoms with Gasteiger partial charge in [-0.2, -0.15) is 5.10 Å². The number of H-pyrrole nitrogens is 1. The van der Waals surface area contributed by atoms with Gasteiger partial charge in [-0.1, -0.05) is 42.5 Å². The van der Waals surface area contributed by atoms with E-state index in [0.717, 1.165) is 16.3 Å². The molecule has 0 amide bonds. The smallest absolute Gasteiger partial charge is 0.257 e. The predicted octanol–water partition coefficient (Wildman–Crippen LogP) is 2.04. The molecule has 0 saturated heterocycles. The molecule has 0 atom stereocenters. The standard InChI is InChI=1S/C14H13N3O2S/c18-20(19,14-8-9-15-17-14)16-10-12-6-3-5-11-4-1-2-7-13(11)12/h1-9,16H,10H2,(H,15,17). The maximum atomic E-state index is 12.0. The molecule has 0 saturated carbocycles. The number of benzene rings is 2. The largest absolute Gasteiger partial charge is 0.266 e. The summed E-state index contributed by atoms with van der Waals surface area (Å²) in [5, 5.41) is 8.30. The third kappa shape index (κ3) is 2.43. The Morgan fingerprint density at radius 1 is 1.05 bits per heavy atom. The van der Waals surface area contributed by atoms with Crippen LogP contribution in [0, 0.1) is 0 Å². The minimum Gasteiger partial charge on any atom is -0.266 e. The second kappa shape index (κ2) is 5.07. The van der Waals surface area contributed by atoms with E-state index in [1.807, 2.05) is 42.5 Å². The fourth-order valence-corrected chi connectivity index (χ4v) is 3.00. The van der Waals surface area contributed by atoms with Crippen LogP contribution in [-0.2, 0) is 16.6 Å². The van der Waals surface area contributed by atoms with E-state index < -0.39 is 10.0 Å². The molecule has 3 rings (SSSR count). The highest BCUT2D eigenvalue weighted by molar-refractivity contribution is 7.89. The number of nitrogens with zero attached hydrogens (tertiary/aromatic N) is 1. The first-order valence-corrected chi connectivity index (χ1v) is 7.61. The molecule has 3 aromatic rings. The third-order valence-electron chi connectivity index (χ3n) is 3.10. The maximum absolute atomic E-state index is 12.0. The Balaban J connectivity index is 1.88. The molecule has 20 heavy (non-hydrogen) atoms. The van der Waals surface area contributed by atoms with E-state index in [4.69, 9.17) is 0 Å². The van der Waals surface area contributed by atoms with E-state index in [-0.39, 0.29) is 11.6 Å². The number of rotatable bonds is 4. The Hall–Kier alpha value is -2.18. The quantitative estimate of drug-likeness (QED) is 0.771. The number of hydrogen-bond donors (Lipinski definition) is 2. The van der Waals surface area contributed by atoms with E-state index in [1.54, 1.807) is 0 Å². The van der Waals surface area contributed by atoms with Crippen LogP contribution in [0.3, 0.4) is 0 Å². The lowest BCUT2D eigenvalue weighted by Gasteiger charge is -2.08. The van der Waals surface area contributed by atoms with E-state index >= 15 is 0 Å². The molecule has 0 unspecified atom stereocenters. The molecule has 5 nitrogen and oxygen atoms in total. The topological polar surface area (TPSA) is 74.8 Å². The van der Waals surface area contributed by atoms with Gasteiger partial charge in [0, 0.05) is 6.54 Å². The first-order valence-electron chi connectivity index (χ1n) is 6.12. The summed E-state index contributed by atoms with van der Waals surface area (Å²) in [5.41, 5.74) is 0.936. The van der Waals surface area contributed by atoms with E-state index in [9.17, 15) is 8.42 Å². The van der Waals surface area contributed by atoms with Crippen molar-refractivity contribution >= 4 is 20.8 Å². The molecule has 1 aromatic heterocycles. The molecule has 1 heterocycles. The van der Waals surface area contributed by atoms with Gasteiger partial charge in [0.25, 0.3) is 10.0 Å². The van der Waals surface area contributed by atoms with Crippen LogP contribution in [0.5, 0.6) is 0 Å². The van der Waals surface area contributed by atoms with E-state index in [1.165, 1.54) is 12.3 Å². The van der Waals surface area contributed by atoms with Crippen molar-refractivity contribution < 1.29 is 8.42 Å². The van der Waals surface area contributed by atoms with Gasteiger partial charge in [0.05, 0.1) is 6.20 Å². The summed E-state index contributed by atoms with van der Waals surface area (Å²) >= 11 is 0. The van der Waals surface area contributed by atoms with Crippen LogP contribution >= 0.6 is 0 Å². The van der Waals surface area contributed by atoms with E-state index in [2.05, 4.69) is 14.9 Å². The zero-order valence-electron chi connectivity index (χ0n) is 10.6. The highest BCUT2D eigenvalue weighted by Crippen LogP contribution is 2.18. The van der Waals surface area contributed by atoms with Crippen LogP contribution in [0.4, 0.5) is 0 Å². The Kier molecular flexibility index (Phi) is 3.25. The average molecular weight is 287 g/mol. The molecule has 0 radical (unpaired) electrons. The third-order valence-corrected chi connectivity index (χ3v) is 4.43. The van der Waals surface area contributed by atoms with E-state index in [0.29, 0.717) is 0 Å². The van der Waals surface area contributed by atoms with Crippen LogP contribution < -0.4 is 4.72 Å². The number of hydrogen-bond acceptors (Lipinski definition) is 3. The molecule has 2 N–H and O–H groups in total. The van der Waals surface area contributed by atoms with Gasteiger partial charge in [0.2, 0.25) is 0 Å². The zero-order valence-corrected chi connectivity index (χ0v) is 11.4. The van der Waals surface area contributed by atoms with Gasteiger partial charge in [-0.05, 0) is 22.4 Å². The summed E-state index contributed by atoms with van der Waals surface area (Å²) in [7, 11) is -3.55. The number of aromatic amines is 1. The lowest BCUT2D eigenvalue weighted by Crippen LogP contribution is -2.23. The Labute approximate surface area is 116 Å². The van der Waals surface area contributed by atoms with Crippen LogP contribution in [-0.4, -0.2) is 18.6 Å². The first kappa shape index (κ1) is 12.8. The molecule has 0 bridgehead atoms. The van der Waals surface area contributed by atoms with Gasteiger partial charge in [-0.3, -0.25) is 5.10 Å². The monoisotopic (exact) mass is 287 g/mol. The van der Waals surface area contributed by atoms with Gasteiger partial charge in [-0.15, -0.1) is 0 Å². The van der Waals surface area contributed by atoms with Gasteiger partial charge in [-0.25, -0.2) is 13.1 Å². The summed E-state index contributed by atoms with van der Waals surface area (Å²) < 4.78 is 26.6. The van der Waals surface area contributed by atoms with Gasteiger partial charge >= 0.3 is 0 Å². The first-order chi connectivity index (χ1) is 9.67. The minimum absolute atomic E-state index is 0.0673. The molecular formula is C14H13N3O2S. The number of sulfonamides is 1. The summed E-state index contributed by atoms with van der Waals surface area (Å²) in [6, 6.07) is 15.1. The molecule has 6 heteroatoms. The molecule has 102 valence electrons. The average Bonchev–Trinajstić information content (AvgIpc) is 3.00. The summed E-state index contributed by atoms with van der Waals surface area (Å²) in [5.74, 6) is 0. The van der Waals surface area contributed by atoms with Crippen molar-refractivity contribution in [2.75, 3.05) is 0 Å². The van der Waals surface area contributed by atoms with Crippen molar-refractivity contribution in [2.45, 2.75) is 11.6 Å². The van der Waals surface area contributed by atoms with Crippen molar-refractivity contribution in [3.63, 3.8) is 0 Å². The van der Waals surface area contributed by atoms with Gasteiger partial charge in [0.1, 0.15) is 0 Å². The summed E-state index contributed by atoms with van der Waals surface area (Å²) in [6.45, 7) is 0.239. The molecule has 0 spiro atoms. The van der Waals surface area contributed by atoms with Crippen molar-refractivity contribution in [3.8, 4) is 0 Å². The molecule has 2 aromatic carbocycles. The maximum Gasteiger partial charge on any atom is 0.257 e. The van der Waals surface area contributed by atoms with Crippen molar-refractivity contribution in [1.29, 1.82) is 0 Å². The van der Waals surface area contributed by atoms with Crippen LogP contribution in [0.2, 0.25) is 0 Å². The van der Waals surface area contributed by atoms with Crippen molar-refractivity contribution in [2.24, 2.45) is 0 Å². The Morgan fingerprint density at radius 3 is 2.65 bits per heavy atom. The summed E-state index contributed by atoms with van der Waals surface area (Å²) in [4.78, 5) is 0. The normalized spacial score (nSPS) is 11.8. The van der Waals surface area contributed by atoms with Crippen molar-refractivity contribution in [3.05, 3.63) is 60.3 Å². The van der Waals surface area contributed by atoms with Crippen LogP contribution in [0.15, 0.2) is 59.8 Å². The molecule has 0 aliphatic rings. The van der Waals surface area contributed by atoms with Gasteiger partial charge in [0.15, 0.2) is 5.03 Å². The number of aromatic nitrogens is 2. The van der Waals surface area contributed by atoms with Crippen LogP contribution in [0.1, 0.15) is 5.56 Å². The fraction of sp³-hybridized carbons (Fsp3) is 0.0714. The molecular weight excluding hydrogens is 274 g/mol. The fourth-order valence-electron chi connectivity index (χ4n) is 2.09. The highest BCUT2D eigenvalue weighted by Gasteiger charge is 2.15. The molecule has 0 aliphatic heterocycles. The number of fused-ring (bicyclic) bond motifs is 1. The predicted molar refractivity (Wildman–Crippen MR) is 76.6 cm³/mol. The Morgan fingerprint density at radius 2 is 1.85 bits per heavy atom. The molecule has 0 fully saturated rings. The Bertz CT molecular complexity index is 821. The molecule has 0 aliphatic carbocycles. The summed E-state index contributed by atoms with van der Waals surface area (Å²) in [6.07, 6.45) is 1.41. The van der Waals surface area contributed by atoms with Crippen LogP contribution in [0.25, 0.3) is 10.8 Å².